The van der Waals surface area contributed by atoms with E-state index in [4.69, 9.17) is 16.3 Å². The average Bonchev–Trinajstić information content (AvgIpc) is 2.77. The van der Waals surface area contributed by atoms with Crippen molar-refractivity contribution in [3.8, 4) is 22.6 Å². The summed E-state index contributed by atoms with van der Waals surface area (Å²) in [5, 5.41) is 3.75. The van der Waals surface area contributed by atoms with Gasteiger partial charge in [-0.25, -0.2) is 0 Å². The van der Waals surface area contributed by atoms with Crippen LogP contribution in [0.1, 0.15) is 25.3 Å². The van der Waals surface area contributed by atoms with Crippen LogP contribution in [0.25, 0.3) is 11.1 Å². The number of hydrogen-bond acceptors (Lipinski definition) is 3. The molecular weight excluding hydrogens is 408 g/mol. The Labute approximate surface area is 188 Å². The molecule has 0 unspecified atom stereocenters. The van der Waals surface area contributed by atoms with Crippen molar-refractivity contribution in [3.63, 3.8) is 0 Å². The second-order valence-corrected chi connectivity index (χ2v) is 8.44. The molecule has 1 aliphatic heterocycles. The van der Waals surface area contributed by atoms with E-state index < -0.39 is 0 Å². The fraction of sp³-hybridized carbons (Fsp3) is 0.269. The third-order valence-corrected chi connectivity index (χ3v) is 5.83. The first-order chi connectivity index (χ1) is 15.1. The zero-order valence-corrected chi connectivity index (χ0v) is 18.4. The summed E-state index contributed by atoms with van der Waals surface area (Å²) in [7, 11) is 0. The lowest BCUT2D eigenvalue weighted by molar-refractivity contribution is -0.119. The largest absolute Gasteiger partial charge is 0.457 e. The van der Waals surface area contributed by atoms with Gasteiger partial charge < -0.3 is 10.1 Å². The molecule has 5 heteroatoms. The number of carbonyl (C=O) groups is 1. The van der Waals surface area contributed by atoms with Crippen molar-refractivity contribution in [1.29, 1.82) is 0 Å². The van der Waals surface area contributed by atoms with Crippen LogP contribution >= 0.6 is 11.6 Å². The van der Waals surface area contributed by atoms with E-state index in [0.717, 1.165) is 55.1 Å². The second-order valence-electron chi connectivity index (χ2n) is 8.00. The number of benzene rings is 3. The molecule has 3 aromatic carbocycles. The lowest BCUT2D eigenvalue weighted by Gasteiger charge is -2.32. The van der Waals surface area contributed by atoms with Gasteiger partial charge in [0, 0.05) is 43.2 Å². The minimum atomic E-state index is 0.0546. The van der Waals surface area contributed by atoms with E-state index in [0.29, 0.717) is 5.02 Å². The van der Waals surface area contributed by atoms with Crippen molar-refractivity contribution in [2.75, 3.05) is 13.1 Å². The molecular formula is C26H27ClN2O2. The Morgan fingerprint density at radius 3 is 2.42 bits per heavy atom. The minimum Gasteiger partial charge on any atom is -0.457 e. The first-order valence-electron chi connectivity index (χ1n) is 10.7. The van der Waals surface area contributed by atoms with Gasteiger partial charge in [0.05, 0.1) is 0 Å². The number of rotatable bonds is 6. The zero-order chi connectivity index (χ0) is 21.6. The van der Waals surface area contributed by atoms with Gasteiger partial charge in [0.1, 0.15) is 11.5 Å². The van der Waals surface area contributed by atoms with E-state index in [1.54, 1.807) is 6.92 Å². The summed E-state index contributed by atoms with van der Waals surface area (Å²) in [6.45, 7) is 4.39. The Bertz CT molecular complexity index is 1010. The molecule has 1 N–H and O–H groups in total. The summed E-state index contributed by atoms with van der Waals surface area (Å²) in [5.74, 6) is 1.70. The maximum absolute atomic E-state index is 11.3. The molecule has 0 atom stereocenters. The molecule has 3 aromatic rings. The lowest BCUT2D eigenvalue weighted by Crippen LogP contribution is -2.43. The quantitative estimate of drug-likeness (QED) is 0.525. The molecule has 0 bridgehead atoms. The van der Waals surface area contributed by atoms with E-state index in [1.165, 1.54) is 5.56 Å². The monoisotopic (exact) mass is 434 g/mol. The van der Waals surface area contributed by atoms with Crippen molar-refractivity contribution < 1.29 is 9.53 Å². The van der Waals surface area contributed by atoms with Gasteiger partial charge in [0.15, 0.2) is 0 Å². The van der Waals surface area contributed by atoms with Gasteiger partial charge >= 0.3 is 0 Å². The number of amides is 1. The van der Waals surface area contributed by atoms with Crippen LogP contribution in [0.3, 0.4) is 0 Å². The Morgan fingerprint density at radius 1 is 1.03 bits per heavy atom. The van der Waals surface area contributed by atoms with Gasteiger partial charge in [-0.2, -0.15) is 0 Å². The Kier molecular flexibility index (Phi) is 6.90. The molecule has 1 saturated heterocycles. The number of nitrogens with one attached hydrogen (secondary N) is 1. The number of ether oxygens (including phenoxy) is 1. The number of hydrogen-bond donors (Lipinski definition) is 1. The van der Waals surface area contributed by atoms with Crippen molar-refractivity contribution in [1.82, 2.24) is 10.2 Å². The molecule has 1 heterocycles. The molecule has 1 aliphatic rings. The number of para-hydroxylation sites is 1. The maximum atomic E-state index is 11.3. The van der Waals surface area contributed by atoms with Crippen LogP contribution in [0.5, 0.6) is 11.5 Å². The van der Waals surface area contributed by atoms with Gasteiger partial charge in [-0.1, -0.05) is 54.1 Å². The summed E-state index contributed by atoms with van der Waals surface area (Å²) >= 11 is 6.08. The maximum Gasteiger partial charge on any atom is 0.217 e. The first-order valence-corrected chi connectivity index (χ1v) is 11.1. The van der Waals surface area contributed by atoms with Crippen LogP contribution in [0, 0.1) is 0 Å². The molecule has 31 heavy (non-hydrogen) atoms. The summed E-state index contributed by atoms with van der Waals surface area (Å²) in [6, 6.07) is 24.4. The zero-order valence-electron chi connectivity index (χ0n) is 17.7. The van der Waals surface area contributed by atoms with Gasteiger partial charge in [0.2, 0.25) is 5.91 Å². The van der Waals surface area contributed by atoms with Gasteiger partial charge in [0.25, 0.3) is 0 Å². The van der Waals surface area contributed by atoms with Crippen LogP contribution < -0.4 is 10.1 Å². The molecule has 0 spiro atoms. The van der Waals surface area contributed by atoms with Crippen LogP contribution in [0.2, 0.25) is 5.02 Å². The minimum absolute atomic E-state index is 0.0546. The van der Waals surface area contributed by atoms with Crippen LogP contribution in [0.15, 0.2) is 72.8 Å². The number of likely N-dealkylation sites (tertiary alicyclic amines) is 1. The van der Waals surface area contributed by atoms with Crippen LogP contribution in [-0.4, -0.2) is 29.9 Å². The van der Waals surface area contributed by atoms with Crippen molar-refractivity contribution >= 4 is 17.5 Å². The van der Waals surface area contributed by atoms with Crippen LogP contribution in [-0.2, 0) is 11.3 Å². The highest BCUT2D eigenvalue weighted by Crippen LogP contribution is 2.35. The smallest absolute Gasteiger partial charge is 0.217 e. The summed E-state index contributed by atoms with van der Waals surface area (Å²) in [6.07, 6.45) is 1.96. The summed E-state index contributed by atoms with van der Waals surface area (Å²) < 4.78 is 6.29. The summed E-state index contributed by atoms with van der Waals surface area (Å²) in [5.41, 5.74) is 3.31. The molecule has 4 rings (SSSR count). The molecule has 1 amide bonds. The lowest BCUT2D eigenvalue weighted by atomic mass is 10.0. The van der Waals surface area contributed by atoms with Crippen molar-refractivity contribution in [3.05, 3.63) is 83.4 Å². The highest BCUT2D eigenvalue weighted by Gasteiger charge is 2.20. The highest BCUT2D eigenvalue weighted by molar-refractivity contribution is 6.30. The van der Waals surface area contributed by atoms with E-state index in [2.05, 4.69) is 28.4 Å². The SMILES string of the molecule is CC(=O)NC1CCN(Cc2ccc(-c3ccc(Cl)cc3)c(Oc3ccccc3)c2)CC1. The van der Waals surface area contributed by atoms with Crippen molar-refractivity contribution in [2.24, 2.45) is 0 Å². The second kappa shape index (κ2) is 9.99. The fourth-order valence-electron chi connectivity index (χ4n) is 4.01. The Morgan fingerprint density at radius 2 is 1.74 bits per heavy atom. The van der Waals surface area contributed by atoms with Gasteiger partial charge in [-0.05, 0) is 54.3 Å². The molecule has 0 aromatic heterocycles. The normalized spacial score (nSPS) is 14.9. The van der Waals surface area contributed by atoms with E-state index in [1.807, 2.05) is 54.6 Å². The predicted octanol–water partition coefficient (Wildman–Crippen LogP) is 5.90. The number of carbonyl (C=O) groups excluding carboxylic acids is 1. The van der Waals surface area contributed by atoms with Gasteiger partial charge in [-0.15, -0.1) is 0 Å². The van der Waals surface area contributed by atoms with Crippen molar-refractivity contribution in [2.45, 2.75) is 32.4 Å². The Hall–Kier alpha value is -2.82. The Balaban J connectivity index is 1.53. The number of nitrogens with zero attached hydrogens (tertiary/aromatic N) is 1. The third kappa shape index (κ3) is 5.87. The third-order valence-electron chi connectivity index (χ3n) is 5.57. The van der Waals surface area contributed by atoms with E-state index in [-0.39, 0.29) is 11.9 Å². The van der Waals surface area contributed by atoms with E-state index >= 15 is 0 Å². The van der Waals surface area contributed by atoms with E-state index in [9.17, 15) is 4.79 Å². The van der Waals surface area contributed by atoms with Gasteiger partial charge in [-0.3, -0.25) is 9.69 Å². The molecule has 160 valence electrons. The molecule has 4 nitrogen and oxygen atoms in total. The average molecular weight is 435 g/mol. The first kappa shape index (κ1) is 21.4. The summed E-state index contributed by atoms with van der Waals surface area (Å²) in [4.78, 5) is 13.7. The predicted molar refractivity (Wildman–Crippen MR) is 126 cm³/mol. The molecule has 0 radical (unpaired) electrons. The van der Waals surface area contributed by atoms with Crippen LogP contribution in [0.4, 0.5) is 0 Å². The molecule has 0 saturated carbocycles. The highest BCUT2D eigenvalue weighted by atomic mass is 35.5. The molecule has 1 fully saturated rings. The topological polar surface area (TPSA) is 41.6 Å². The molecule has 0 aliphatic carbocycles. The number of piperidine rings is 1. The fourth-order valence-corrected chi connectivity index (χ4v) is 4.14. The number of halogens is 1. The standard InChI is InChI=1S/C26H27ClN2O2/c1-19(30)28-23-13-15-29(16-14-23)18-20-7-12-25(21-8-10-22(27)11-9-21)26(17-20)31-24-5-3-2-4-6-24/h2-12,17,23H,13-16,18H2,1H3,(H,28,30).